The van der Waals surface area contributed by atoms with Gasteiger partial charge in [-0.25, -0.2) is 19.3 Å². The second-order valence-electron chi connectivity index (χ2n) is 8.52. The molecule has 9 nitrogen and oxygen atoms in total. The minimum atomic E-state index is -0.373. The zero-order valence-electron chi connectivity index (χ0n) is 21.0. The Hall–Kier alpha value is -4.22. The second kappa shape index (κ2) is 9.58. The van der Waals surface area contributed by atoms with Crippen molar-refractivity contribution in [3.05, 3.63) is 69.7 Å². The van der Waals surface area contributed by atoms with Crippen LogP contribution in [-0.4, -0.2) is 39.8 Å². The number of esters is 1. The van der Waals surface area contributed by atoms with Crippen molar-refractivity contribution in [1.29, 1.82) is 0 Å². The predicted octanol–water partition coefficient (Wildman–Crippen LogP) is 6.32. The van der Waals surface area contributed by atoms with Gasteiger partial charge in [-0.1, -0.05) is 23.5 Å². The lowest BCUT2D eigenvalue weighted by molar-refractivity contribution is 0.0600. The standard InChI is InChI=1S/C27H22N4O5S2/c1-14-24(29-25(37-14)16-5-7-17(8-6-16)26(32)34-4)35-13-18-9-19(33-3)10-22-20(18)11-23(36-22)21-12-31-27(28-21)38-15(2)30-31/h5-12H,13H2,1-4H3. The van der Waals surface area contributed by atoms with Crippen molar-refractivity contribution in [3.63, 3.8) is 0 Å². The van der Waals surface area contributed by atoms with E-state index in [2.05, 4.69) is 10.1 Å². The third-order valence-corrected chi connectivity index (χ3v) is 7.84. The summed E-state index contributed by atoms with van der Waals surface area (Å²) in [5, 5.41) is 7.10. The number of hydrogen-bond donors (Lipinski definition) is 0. The van der Waals surface area contributed by atoms with Crippen molar-refractivity contribution in [1.82, 2.24) is 19.6 Å². The van der Waals surface area contributed by atoms with E-state index in [1.54, 1.807) is 23.8 Å². The number of ether oxygens (including phenoxy) is 3. The van der Waals surface area contributed by atoms with Gasteiger partial charge in [0.25, 0.3) is 0 Å². The van der Waals surface area contributed by atoms with E-state index in [1.807, 2.05) is 50.4 Å². The first-order valence-corrected chi connectivity index (χ1v) is 13.3. The molecule has 192 valence electrons. The van der Waals surface area contributed by atoms with Gasteiger partial charge < -0.3 is 18.6 Å². The smallest absolute Gasteiger partial charge is 0.337 e. The molecule has 4 aromatic heterocycles. The van der Waals surface area contributed by atoms with Crippen LogP contribution >= 0.6 is 22.7 Å². The maximum atomic E-state index is 11.7. The molecular weight excluding hydrogens is 524 g/mol. The molecule has 0 N–H and O–H groups in total. The first-order chi connectivity index (χ1) is 18.4. The summed E-state index contributed by atoms with van der Waals surface area (Å²) in [6.07, 6.45) is 1.86. The SMILES string of the molecule is COC(=O)c1ccc(-c2nc(OCc3cc(OC)cc4oc(-c5cn6nc(C)sc6n5)cc34)c(C)s2)cc1. The summed E-state index contributed by atoms with van der Waals surface area (Å²) in [4.78, 5) is 22.8. The molecule has 6 rings (SSSR count). The van der Waals surface area contributed by atoms with Crippen molar-refractivity contribution < 1.29 is 23.4 Å². The number of benzene rings is 2. The number of carbonyl (C=O) groups is 1. The Labute approximate surface area is 225 Å². The molecule has 0 amide bonds. The maximum Gasteiger partial charge on any atom is 0.337 e. The lowest BCUT2D eigenvalue weighted by atomic mass is 10.1. The number of rotatable bonds is 7. The number of methoxy groups -OCH3 is 2. The highest BCUT2D eigenvalue weighted by molar-refractivity contribution is 7.16. The van der Waals surface area contributed by atoms with Gasteiger partial charge >= 0.3 is 5.97 Å². The number of aryl methyl sites for hydroxylation is 2. The molecule has 0 fully saturated rings. The number of fused-ring (bicyclic) bond motifs is 2. The van der Waals surface area contributed by atoms with E-state index in [0.29, 0.717) is 34.2 Å². The summed E-state index contributed by atoms with van der Waals surface area (Å²) in [5.74, 6) is 1.49. The first-order valence-electron chi connectivity index (χ1n) is 11.6. The van der Waals surface area contributed by atoms with E-state index >= 15 is 0 Å². The zero-order valence-corrected chi connectivity index (χ0v) is 22.6. The molecule has 0 atom stereocenters. The number of imidazole rings is 1. The number of hydrogen-bond acceptors (Lipinski definition) is 10. The fourth-order valence-corrected chi connectivity index (χ4v) is 5.71. The molecule has 0 bridgehead atoms. The summed E-state index contributed by atoms with van der Waals surface area (Å²) in [6.45, 7) is 4.19. The van der Waals surface area contributed by atoms with Gasteiger partial charge in [-0.15, -0.1) is 11.3 Å². The molecule has 0 radical (unpaired) electrons. The average Bonchev–Trinajstić information content (AvgIpc) is 3.69. The summed E-state index contributed by atoms with van der Waals surface area (Å²) >= 11 is 3.05. The monoisotopic (exact) mass is 546 g/mol. The molecule has 4 heterocycles. The van der Waals surface area contributed by atoms with Crippen molar-refractivity contribution in [2.24, 2.45) is 0 Å². The van der Waals surface area contributed by atoms with E-state index in [0.717, 1.165) is 36.4 Å². The van der Waals surface area contributed by atoms with Crippen LogP contribution in [-0.2, 0) is 11.3 Å². The van der Waals surface area contributed by atoms with Crippen LogP contribution in [0, 0.1) is 13.8 Å². The third kappa shape index (κ3) is 4.39. The van der Waals surface area contributed by atoms with Crippen molar-refractivity contribution in [3.8, 4) is 33.7 Å². The fourth-order valence-electron chi connectivity index (χ4n) is 4.12. The number of furan rings is 1. The lowest BCUT2D eigenvalue weighted by Gasteiger charge is -2.08. The Balaban J connectivity index is 1.27. The molecule has 0 saturated heterocycles. The quantitative estimate of drug-likeness (QED) is 0.215. The molecule has 38 heavy (non-hydrogen) atoms. The van der Waals surface area contributed by atoms with E-state index in [9.17, 15) is 4.79 Å². The summed E-state index contributed by atoms with van der Waals surface area (Å²) in [7, 11) is 2.98. The first kappa shape index (κ1) is 24.1. The number of carbonyl (C=O) groups excluding carboxylic acids is 1. The molecule has 0 aliphatic heterocycles. The van der Waals surface area contributed by atoms with Crippen LogP contribution in [0.3, 0.4) is 0 Å². The summed E-state index contributed by atoms with van der Waals surface area (Å²) in [5.41, 5.74) is 3.68. The van der Waals surface area contributed by atoms with Crippen LogP contribution in [0.4, 0.5) is 0 Å². The second-order valence-corrected chi connectivity index (χ2v) is 10.9. The van der Waals surface area contributed by atoms with Gasteiger partial charge in [0, 0.05) is 22.6 Å². The molecule has 0 unspecified atom stereocenters. The Morgan fingerprint density at radius 3 is 2.61 bits per heavy atom. The van der Waals surface area contributed by atoms with Crippen molar-refractivity contribution >= 4 is 44.6 Å². The average molecular weight is 547 g/mol. The number of thiazole rings is 1. The molecule has 11 heteroatoms. The molecule has 0 saturated carbocycles. The van der Waals surface area contributed by atoms with Gasteiger partial charge in [0.1, 0.15) is 33.6 Å². The highest BCUT2D eigenvalue weighted by Crippen LogP contribution is 2.36. The molecule has 2 aromatic carbocycles. The summed E-state index contributed by atoms with van der Waals surface area (Å²) < 4.78 is 24.4. The summed E-state index contributed by atoms with van der Waals surface area (Å²) in [6, 6.07) is 12.9. The van der Waals surface area contributed by atoms with Gasteiger partial charge in [-0.2, -0.15) is 5.10 Å². The molecule has 0 aliphatic carbocycles. The Bertz CT molecular complexity index is 1760. The van der Waals surface area contributed by atoms with Crippen LogP contribution in [0.1, 0.15) is 25.8 Å². The Morgan fingerprint density at radius 1 is 1.05 bits per heavy atom. The minimum Gasteiger partial charge on any atom is -0.497 e. The van der Waals surface area contributed by atoms with Crippen molar-refractivity contribution in [2.45, 2.75) is 20.5 Å². The highest BCUT2D eigenvalue weighted by Gasteiger charge is 2.18. The topological polar surface area (TPSA) is 101 Å². The number of nitrogens with zero attached hydrogens (tertiary/aromatic N) is 4. The van der Waals surface area contributed by atoms with Gasteiger partial charge in [0.2, 0.25) is 10.8 Å². The maximum absolute atomic E-state index is 11.7. The van der Waals surface area contributed by atoms with Gasteiger partial charge in [-0.3, -0.25) is 0 Å². The largest absolute Gasteiger partial charge is 0.497 e. The predicted molar refractivity (Wildman–Crippen MR) is 145 cm³/mol. The van der Waals surface area contributed by atoms with Gasteiger partial charge in [0.05, 0.1) is 30.9 Å². The Kier molecular flexibility index (Phi) is 6.09. The van der Waals surface area contributed by atoms with Gasteiger partial charge in [0.15, 0.2) is 5.76 Å². The van der Waals surface area contributed by atoms with Crippen LogP contribution in [0.5, 0.6) is 11.6 Å². The minimum absolute atomic E-state index is 0.275. The highest BCUT2D eigenvalue weighted by atomic mass is 32.1. The normalized spacial score (nSPS) is 11.4. The molecular formula is C27H22N4O5S2. The van der Waals surface area contributed by atoms with Gasteiger partial charge in [-0.05, 0) is 38.1 Å². The zero-order chi connectivity index (χ0) is 26.4. The van der Waals surface area contributed by atoms with E-state index in [4.69, 9.17) is 23.6 Å². The van der Waals surface area contributed by atoms with Crippen LogP contribution in [0.2, 0.25) is 0 Å². The van der Waals surface area contributed by atoms with E-state index in [1.165, 1.54) is 29.8 Å². The molecule has 0 spiro atoms. The third-order valence-electron chi connectivity index (χ3n) is 6.00. The fraction of sp³-hybridized carbons (Fsp3) is 0.185. The van der Waals surface area contributed by atoms with Crippen LogP contribution in [0.25, 0.3) is 38.0 Å². The molecule has 6 aromatic rings. The lowest BCUT2D eigenvalue weighted by Crippen LogP contribution is -2.00. The number of aromatic nitrogens is 4. The van der Waals surface area contributed by atoms with Crippen molar-refractivity contribution in [2.75, 3.05) is 14.2 Å². The molecule has 0 aliphatic rings. The Morgan fingerprint density at radius 2 is 1.87 bits per heavy atom. The van der Waals surface area contributed by atoms with Crippen LogP contribution in [0.15, 0.2) is 53.1 Å². The van der Waals surface area contributed by atoms with E-state index < -0.39 is 0 Å². The van der Waals surface area contributed by atoms with Crippen LogP contribution < -0.4 is 9.47 Å². The van der Waals surface area contributed by atoms with E-state index in [-0.39, 0.29) is 12.6 Å².